The van der Waals surface area contributed by atoms with Gasteiger partial charge in [-0.3, -0.25) is 13.9 Å². The Labute approximate surface area is 128 Å². The highest BCUT2D eigenvalue weighted by atomic mass is 32.2. The monoisotopic (exact) mass is 323 g/mol. The number of carbonyl (C=O) groups is 2. The van der Waals surface area contributed by atoms with Crippen LogP contribution in [0.2, 0.25) is 0 Å². The molecule has 1 heterocycles. The summed E-state index contributed by atoms with van der Waals surface area (Å²) in [7, 11) is -3.21. The van der Waals surface area contributed by atoms with Crippen LogP contribution in [0.25, 0.3) is 0 Å². The number of amides is 2. The predicted octanol–water partition coefficient (Wildman–Crippen LogP) is 0.444. The molecular formula is C14H17N3O4S. The summed E-state index contributed by atoms with van der Waals surface area (Å²) in [6.45, 7) is 0.470. The maximum atomic E-state index is 11.8. The van der Waals surface area contributed by atoms with Gasteiger partial charge in [-0.25, -0.2) is 8.42 Å². The Morgan fingerprint density at radius 1 is 1.09 bits per heavy atom. The van der Waals surface area contributed by atoms with E-state index in [-0.39, 0.29) is 11.8 Å². The Bertz CT molecular complexity index is 695. The first kappa shape index (κ1) is 14.8. The Morgan fingerprint density at radius 3 is 2.32 bits per heavy atom. The van der Waals surface area contributed by atoms with E-state index in [1.165, 1.54) is 4.31 Å². The summed E-state index contributed by atoms with van der Waals surface area (Å²) in [6, 6.07) is 6.55. The highest BCUT2D eigenvalue weighted by Gasteiger charge is 2.28. The second-order valence-electron chi connectivity index (χ2n) is 5.49. The smallest absolute Gasteiger partial charge is 0.313 e. The molecule has 1 saturated heterocycles. The van der Waals surface area contributed by atoms with E-state index in [9.17, 15) is 18.0 Å². The lowest BCUT2D eigenvalue weighted by Gasteiger charge is -2.17. The fourth-order valence-electron chi connectivity index (χ4n) is 2.31. The van der Waals surface area contributed by atoms with E-state index < -0.39 is 21.8 Å². The minimum absolute atomic E-state index is 0.126. The first-order valence-corrected chi connectivity index (χ1v) is 8.79. The number of hydrogen-bond donors (Lipinski definition) is 2. The van der Waals surface area contributed by atoms with Crippen molar-refractivity contribution in [3.63, 3.8) is 0 Å². The van der Waals surface area contributed by atoms with Crippen molar-refractivity contribution < 1.29 is 18.0 Å². The molecular weight excluding hydrogens is 306 g/mol. The largest absolute Gasteiger partial charge is 0.345 e. The van der Waals surface area contributed by atoms with Crippen LogP contribution < -0.4 is 14.9 Å². The Balaban J connectivity index is 1.64. The number of hydrogen-bond acceptors (Lipinski definition) is 4. The predicted molar refractivity (Wildman–Crippen MR) is 82.0 cm³/mol. The molecule has 7 nitrogen and oxygen atoms in total. The van der Waals surface area contributed by atoms with Crippen LogP contribution in [0.4, 0.5) is 11.4 Å². The molecule has 2 amide bonds. The second kappa shape index (κ2) is 5.60. The molecule has 3 rings (SSSR count). The third kappa shape index (κ3) is 3.22. The number of nitrogens with one attached hydrogen (secondary N) is 2. The molecule has 1 aromatic carbocycles. The normalized spacial score (nSPS) is 19.7. The highest BCUT2D eigenvalue weighted by molar-refractivity contribution is 7.93. The van der Waals surface area contributed by atoms with Crippen molar-refractivity contribution in [3.05, 3.63) is 24.3 Å². The van der Waals surface area contributed by atoms with E-state index in [2.05, 4.69) is 10.6 Å². The van der Waals surface area contributed by atoms with Crippen molar-refractivity contribution in [3.8, 4) is 0 Å². The molecule has 1 aliphatic heterocycles. The molecule has 0 unspecified atom stereocenters. The molecule has 1 saturated carbocycles. The molecule has 2 aliphatic rings. The van der Waals surface area contributed by atoms with Crippen LogP contribution in [-0.4, -0.2) is 38.6 Å². The molecule has 2 fully saturated rings. The van der Waals surface area contributed by atoms with Gasteiger partial charge in [-0.05, 0) is 43.5 Å². The number of rotatable bonds is 3. The van der Waals surface area contributed by atoms with E-state index in [4.69, 9.17) is 0 Å². The Hall–Kier alpha value is -2.09. The summed E-state index contributed by atoms with van der Waals surface area (Å²) in [4.78, 5) is 23.2. The average molecular weight is 323 g/mol. The number of carbonyl (C=O) groups excluding carboxylic acids is 2. The van der Waals surface area contributed by atoms with Gasteiger partial charge in [0.05, 0.1) is 11.4 Å². The highest BCUT2D eigenvalue weighted by Crippen LogP contribution is 2.25. The van der Waals surface area contributed by atoms with Gasteiger partial charge in [-0.1, -0.05) is 0 Å². The lowest BCUT2D eigenvalue weighted by Crippen LogP contribution is -2.36. The SMILES string of the molecule is O=C(Nc1ccc(N2CCCS2(=O)=O)cc1)C(=O)NC1CC1. The lowest BCUT2D eigenvalue weighted by molar-refractivity contribution is -0.136. The summed E-state index contributed by atoms with van der Waals surface area (Å²) in [5, 5.41) is 5.10. The Morgan fingerprint density at radius 2 is 1.77 bits per heavy atom. The van der Waals surface area contributed by atoms with E-state index in [0.29, 0.717) is 24.3 Å². The van der Waals surface area contributed by atoms with Crippen LogP contribution in [0.15, 0.2) is 24.3 Å². The molecule has 2 N–H and O–H groups in total. The molecule has 0 spiro atoms. The molecule has 0 atom stereocenters. The van der Waals surface area contributed by atoms with Crippen molar-refractivity contribution in [1.82, 2.24) is 5.32 Å². The van der Waals surface area contributed by atoms with Gasteiger partial charge in [-0.15, -0.1) is 0 Å². The zero-order valence-electron chi connectivity index (χ0n) is 11.9. The molecule has 1 aromatic rings. The van der Waals surface area contributed by atoms with Gasteiger partial charge < -0.3 is 10.6 Å². The molecule has 0 bridgehead atoms. The van der Waals surface area contributed by atoms with Crippen LogP contribution in [0, 0.1) is 0 Å². The second-order valence-corrected chi connectivity index (χ2v) is 7.50. The summed E-state index contributed by atoms with van der Waals surface area (Å²) in [5.41, 5.74) is 1.02. The summed E-state index contributed by atoms with van der Waals surface area (Å²) in [5.74, 6) is -1.20. The first-order valence-electron chi connectivity index (χ1n) is 7.18. The third-order valence-electron chi connectivity index (χ3n) is 3.63. The fraction of sp³-hybridized carbons (Fsp3) is 0.429. The van der Waals surface area contributed by atoms with Crippen molar-refractivity contribution in [1.29, 1.82) is 0 Å². The van der Waals surface area contributed by atoms with Crippen molar-refractivity contribution in [2.45, 2.75) is 25.3 Å². The molecule has 118 valence electrons. The van der Waals surface area contributed by atoms with Crippen LogP contribution in [0.3, 0.4) is 0 Å². The minimum atomic E-state index is -3.21. The summed E-state index contributed by atoms with van der Waals surface area (Å²) >= 11 is 0. The van der Waals surface area contributed by atoms with E-state index in [0.717, 1.165) is 12.8 Å². The standard InChI is InChI=1S/C14H17N3O4S/c18-13(15-10-2-3-10)14(19)16-11-4-6-12(7-5-11)17-8-1-9-22(17,20)21/h4-7,10H,1-3,8-9H2,(H,15,18)(H,16,19). The van der Waals surface area contributed by atoms with Gasteiger partial charge >= 0.3 is 11.8 Å². The van der Waals surface area contributed by atoms with Gasteiger partial charge in [0.2, 0.25) is 10.0 Å². The van der Waals surface area contributed by atoms with Crippen LogP contribution in [0.5, 0.6) is 0 Å². The minimum Gasteiger partial charge on any atom is -0.345 e. The van der Waals surface area contributed by atoms with Gasteiger partial charge in [-0.2, -0.15) is 0 Å². The zero-order valence-corrected chi connectivity index (χ0v) is 12.7. The first-order chi connectivity index (χ1) is 10.5. The van der Waals surface area contributed by atoms with Gasteiger partial charge in [0.1, 0.15) is 0 Å². The maximum Gasteiger partial charge on any atom is 0.313 e. The van der Waals surface area contributed by atoms with Crippen molar-refractivity contribution in [2.75, 3.05) is 21.9 Å². The number of nitrogens with zero attached hydrogens (tertiary/aromatic N) is 1. The quantitative estimate of drug-likeness (QED) is 0.789. The molecule has 8 heteroatoms. The lowest BCUT2D eigenvalue weighted by atomic mass is 10.2. The van der Waals surface area contributed by atoms with Crippen molar-refractivity contribution >= 4 is 33.2 Å². The van der Waals surface area contributed by atoms with Crippen LogP contribution >= 0.6 is 0 Å². The van der Waals surface area contributed by atoms with E-state index in [1.54, 1.807) is 24.3 Å². The number of benzene rings is 1. The average Bonchev–Trinajstić information content (AvgIpc) is 3.21. The maximum absolute atomic E-state index is 11.8. The molecule has 1 aliphatic carbocycles. The van der Waals surface area contributed by atoms with Gasteiger partial charge in [0.25, 0.3) is 0 Å². The molecule has 0 radical (unpaired) electrons. The van der Waals surface area contributed by atoms with E-state index in [1.807, 2.05) is 0 Å². The molecule has 0 aromatic heterocycles. The summed E-state index contributed by atoms with van der Waals surface area (Å²) < 4.78 is 25.0. The van der Waals surface area contributed by atoms with Gasteiger partial charge in [0, 0.05) is 18.3 Å². The Kier molecular flexibility index (Phi) is 3.78. The fourth-order valence-corrected chi connectivity index (χ4v) is 3.87. The number of anilines is 2. The zero-order chi connectivity index (χ0) is 15.7. The van der Waals surface area contributed by atoms with Gasteiger partial charge in [0.15, 0.2) is 0 Å². The topological polar surface area (TPSA) is 95.6 Å². The number of sulfonamides is 1. The van der Waals surface area contributed by atoms with E-state index >= 15 is 0 Å². The molecule has 22 heavy (non-hydrogen) atoms. The van der Waals surface area contributed by atoms with Crippen LogP contribution in [-0.2, 0) is 19.6 Å². The van der Waals surface area contributed by atoms with Crippen molar-refractivity contribution in [2.24, 2.45) is 0 Å². The van der Waals surface area contributed by atoms with Crippen LogP contribution in [0.1, 0.15) is 19.3 Å². The summed E-state index contributed by atoms with van der Waals surface area (Å²) in [6.07, 6.45) is 2.44. The third-order valence-corrected chi connectivity index (χ3v) is 5.50.